The molecule has 1 unspecified atom stereocenters. The van der Waals surface area contributed by atoms with Gasteiger partial charge < -0.3 is 5.11 Å². The second-order valence-corrected chi connectivity index (χ2v) is 6.60. The molecule has 0 radical (unpaired) electrons. The molecule has 0 aliphatic heterocycles. The summed E-state index contributed by atoms with van der Waals surface area (Å²) in [5.41, 5.74) is 1.76. The fourth-order valence-corrected chi connectivity index (χ4v) is 2.55. The molecule has 1 rings (SSSR count). The molecular formula is C12H19NO3S. The minimum atomic E-state index is -2.93. The average Bonchev–Trinajstić information content (AvgIpc) is 2.29. The highest BCUT2D eigenvalue weighted by atomic mass is 32.2. The number of sulfone groups is 1. The number of aryl methyl sites for hydroxylation is 1. The van der Waals surface area contributed by atoms with Gasteiger partial charge in [-0.15, -0.1) is 0 Å². The van der Waals surface area contributed by atoms with Crippen LogP contribution in [0.15, 0.2) is 18.5 Å². The smallest absolute Gasteiger partial charge is 0.150 e. The van der Waals surface area contributed by atoms with Crippen LogP contribution in [0.25, 0.3) is 0 Å². The lowest BCUT2D eigenvalue weighted by atomic mass is 10.0. The number of rotatable bonds is 6. The minimum absolute atomic E-state index is 0.144. The van der Waals surface area contributed by atoms with Crippen molar-refractivity contribution in [2.75, 3.05) is 11.5 Å². The molecule has 4 nitrogen and oxygen atoms in total. The molecule has 1 aromatic heterocycles. The molecule has 0 fully saturated rings. The highest BCUT2D eigenvalue weighted by molar-refractivity contribution is 7.91. The van der Waals surface area contributed by atoms with Crippen molar-refractivity contribution in [1.82, 2.24) is 4.98 Å². The normalized spacial score (nSPS) is 13.6. The molecule has 1 aromatic rings. The third-order valence-corrected chi connectivity index (χ3v) is 4.59. The fourth-order valence-electron chi connectivity index (χ4n) is 1.65. The van der Waals surface area contributed by atoms with E-state index >= 15 is 0 Å². The van der Waals surface area contributed by atoms with Gasteiger partial charge in [0, 0.05) is 18.1 Å². The number of hydrogen-bond acceptors (Lipinski definition) is 4. The van der Waals surface area contributed by atoms with Crippen molar-refractivity contribution in [3.05, 3.63) is 29.6 Å². The SMILES string of the molecule is CCS(=O)(=O)CCCC(O)c1ccncc1C. The monoisotopic (exact) mass is 257 g/mol. The molecule has 0 aromatic carbocycles. The first kappa shape index (κ1) is 14.1. The molecule has 0 spiro atoms. The van der Waals surface area contributed by atoms with Crippen LogP contribution < -0.4 is 0 Å². The molecule has 0 amide bonds. The molecule has 17 heavy (non-hydrogen) atoms. The third kappa shape index (κ3) is 4.44. The Balaban J connectivity index is 2.51. The van der Waals surface area contributed by atoms with Crippen LogP contribution in [-0.4, -0.2) is 30.0 Å². The summed E-state index contributed by atoms with van der Waals surface area (Å²) in [4.78, 5) is 3.95. The van der Waals surface area contributed by atoms with E-state index in [1.807, 2.05) is 6.92 Å². The highest BCUT2D eigenvalue weighted by Gasteiger charge is 2.12. The molecule has 5 heteroatoms. The van der Waals surface area contributed by atoms with Crippen LogP contribution in [-0.2, 0) is 9.84 Å². The largest absolute Gasteiger partial charge is 0.388 e. The topological polar surface area (TPSA) is 67.3 Å². The van der Waals surface area contributed by atoms with Crippen LogP contribution in [0.3, 0.4) is 0 Å². The second-order valence-electron chi connectivity index (χ2n) is 4.13. The van der Waals surface area contributed by atoms with E-state index < -0.39 is 15.9 Å². The van der Waals surface area contributed by atoms with E-state index in [9.17, 15) is 13.5 Å². The van der Waals surface area contributed by atoms with E-state index in [4.69, 9.17) is 0 Å². The van der Waals surface area contributed by atoms with Crippen LogP contribution >= 0.6 is 0 Å². The highest BCUT2D eigenvalue weighted by Crippen LogP contribution is 2.21. The lowest BCUT2D eigenvalue weighted by Gasteiger charge is -2.12. The predicted molar refractivity (Wildman–Crippen MR) is 67.5 cm³/mol. The predicted octanol–water partition coefficient (Wildman–Crippen LogP) is 1.64. The molecule has 0 bridgehead atoms. The van der Waals surface area contributed by atoms with E-state index in [-0.39, 0.29) is 11.5 Å². The molecule has 1 N–H and O–H groups in total. The Labute approximate surface area is 103 Å². The van der Waals surface area contributed by atoms with Gasteiger partial charge in [-0.05, 0) is 37.0 Å². The fraction of sp³-hybridized carbons (Fsp3) is 0.583. The molecule has 96 valence electrons. The number of aliphatic hydroxyl groups is 1. The Bertz CT molecular complexity index is 457. The van der Waals surface area contributed by atoms with E-state index in [0.29, 0.717) is 12.8 Å². The zero-order valence-corrected chi connectivity index (χ0v) is 11.1. The first-order chi connectivity index (χ1) is 7.96. The maximum Gasteiger partial charge on any atom is 0.150 e. The number of nitrogens with zero attached hydrogens (tertiary/aromatic N) is 1. The number of aliphatic hydroxyl groups excluding tert-OH is 1. The summed E-state index contributed by atoms with van der Waals surface area (Å²) in [7, 11) is -2.93. The van der Waals surface area contributed by atoms with Gasteiger partial charge in [0.25, 0.3) is 0 Å². The molecule has 1 atom stereocenters. The van der Waals surface area contributed by atoms with Crippen molar-refractivity contribution >= 4 is 9.84 Å². The first-order valence-corrected chi connectivity index (χ1v) is 7.57. The van der Waals surface area contributed by atoms with Gasteiger partial charge >= 0.3 is 0 Å². The Hall–Kier alpha value is -0.940. The number of aromatic nitrogens is 1. The van der Waals surface area contributed by atoms with Crippen LogP contribution in [0, 0.1) is 6.92 Å². The molecule has 0 saturated carbocycles. The van der Waals surface area contributed by atoms with Crippen molar-refractivity contribution in [3.63, 3.8) is 0 Å². The molecule has 0 aliphatic carbocycles. The Kier molecular flexibility index (Phi) is 5.08. The third-order valence-electron chi connectivity index (χ3n) is 2.80. The van der Waals surface area contributed by atoms with Gasteiger partial charge in [-0.2, -0.15) is 0 Å². The quantitative estimate of drug-likeness (QED) is 0.841. The Morgan fingerprint density at radius 3 is 2.76 bits per heavy atom. The van der Waals surface area contributed by atoms with Gasteiger partial charge in [-0.3, -0.25) is 4.98 Å². The molecule has 0 aliphatic rings. The van der Waals surface area contributed by atoms with Crippen LogP contribution in [0.4, 0.5) is 0 Å². The zero-order chi connectivity index (χ0) is 12.9. The van der Waals surface area contributed by atoms with E-state index in [0.717, 1.165) is 11.1 Å². The summed E-state index contributed by atoms with van der Waals surface area (Å²) in [5, 5.41) is 9.95. The maximum atomic E-state index is 11.3. The summed E-state index contributed by atoms with van der Waals surface area (Å²) >= 11 is 0. The van der Waals surface area contributed by atoms with Gasteiger partial charge in [-0.25, -0.2) is 8.42 Å². The summed E-state index contributed by atoms with van der Waals surface area (Å²) in [6.07, 6.45) is 3.67. The van der Waals surface area contributed by atoms with Crippen LogP contribution in [0.5, 0.6) is 0 Å². The average molecular weight is 257 g/mol. The molecule has 1 heterocycles. The van der Waals surface area contributed by atoms with Gasteiger partial charge in [0.1, 0.15) is 9.84 Å². The maximum absolute atomic E-state index is 11.3. The summed E-state index contributed by atoms with van der Waals surface area (Å²) in [5.74, 6) is 0.308. The van der Waals surface area contributed by atoms with Crippen molar-refractivity contribution < 1.29 is 13.5 Å². The summed E-state index contributed by atoms with van der Waals surface area (Å²) in [6.45, 7) is 3.52. The van der Waals surface area contributed by atoms with Gasteiger partial charge in [0.15, 0.2) is 0 Å². The van der Waals surface area contributed by atoms with E-state index in [1.165, 1.54) is 0 Å². The van der Waals surface area contributed by atoms with Gasteiger partial charge in [0.2, 0.25) is 0 Å². The second kappa shape index (κ2) is 6.12. The minimum Gasteiger partial charge on any atom is -0.388 e. The van der Waals surface area contributed by atoms with E-state index in [1.54, 1.807) is 25.4 Å². The summed E-state index contributed by atoms with van der Waals surface area (Å²) < 4.78 is 22.6. The van der Waals surface area contributed by atoms with Gasteiger partial charge in [0.05, 0.1) is 11.9 Å². The lowest BCUT2D eigenvalue weighted by molar-refractivity contribution is 0.166. The number of pyridine rings is 1. The van der Waals surface area contributed by atoms with Gasteiger partial charge in [-0.1, -0.05) is 6.92 Å². The van der Waals surface area contributed by atoms with Crippen LogP contribution in [0.2, 0.25) is 0 Å². The zero-order valence-electron chi connectivity index (χ0n) is 10.3. The van der Waals surface area contributed by atoms with Crippen molar-refractivity contribution in [2.45, 2.75) is 32.8 Å². The summed E-state index contributed by atoms with van der Waals surface area (Å²) in [6, 6.07) is 1.77. The lowest BCUT2D eigenvalue weighted by Crippen LogP contribution is -2.10. The number of hydrogen-bond donors (Lipinski definition) is 1. The van der Waals surface area contributed by atoms with Crippen molar-refractivity contribution in [2.24, 2.45) is 0 Å². The first-order valence-electron chi connectivity index (χ1n) is 5.75. The Morgan fingerprint density at radius 1 is 1.47 bits per heavy atom. The van der Waals surface area contributed by atoms with E-state index in [2.05, 4.69) is 4.98 Å². The standard InChI is InChI=1S/C12H19NO3S/c1-3-17(15,16)8-4-5-12(14)11-6-7-13-9-10(11)2/h6-7,9,12,14H,3-5,8H2,1-2H3. The van der Waals surface area contributed by atoms with Crippen molar-refractivity contribution in [3.8, 4) is 0 Å². The van der Waals surface area contributed by atoms with Crippen LogP contribution in [0.1, 0.15) is 37.0 Å². The molecule has 0 saturated heterocycles. The van der Waals surface area contributed by atoms with Crippen molar-refractivity contribution in [1.29, 1.82) is 0 Å². The Morgan fingerprint density at radius 2 is 2.18 bits per heavy atom. The molecular weight excluding hydrogens is 238 g/mol.